The third-order valence-electron chi connectivity index (χ3n) is 13.7. The molecule has 3 heteroatoms. The van der Waals surface area contributed by atoms with Crippen LogP contribution in [0.15, 0.2) is 181 Å². The normalized spacial score (nSPS) is 22.8. The molecule has 0 spiro atoms. The molecule has 12 rings (SSSR count). The number of hydrogen-bond donors (Lipinski definition) is 0. The van der Waals surface area contributed by atoms with Crippen LogP contribution in [0.3, 0.4) is 0 Å². The minimum absolute atomic E-state index is 0.232. The summed E-state index contributed by atoms with van der Waals surface area (Å²) >= 11 is 1.89. The molecule has 4 atom stereocenters. The number of nitrogens with zero attached hydrogens (tertiary/aromatic N) is 2. The van der Waals surface area contributed by atoms with Crippen LogP contribution >= 0.6 is 11.3 Å². The van der Waals surface area contributed by atoms with Crippen molar-refractivity contribution in [3.8, 4) is 5.69 Å². The van der Waals surface area contributed by atoms with Crippen molar-refractivity contribution in [3.05, 3.63) is 192 Å². The first kappa shape index (κ1) is 33.0. The van der Waals surface area contributed by atoms with E-state index >= 15 is 0 Å². The molecule has 7 aromatic carbocycles. The summed E-state index contributed by atoms with van der Waals surface area (Å²) in [5, 5.41) is 7.76. The van der Waals surface area contributed by atoms with Gasteiger partial charge in [-0.05, 0) is 96.0 Å². The second kappa shape index (κ2) is 11.7. The van der Waals surface area contributed by atoms with E-state index in [0.29, 0.717) is 5.92 Å². The third-order valence-corrected chi connectivity index (χ3v) is 14.8. The Morgan fingerprint density at radius 3 is 2.21 bits per heavy atom. The molecule has 1 aliphatic heterocycles. The molecule has 3 aliphatic rings. The van der Waals surface area contributed by atoms with Crippen molar-refractivity contribution in [2.24, 2.45) is 11.8 Å². The summed E-state index contributed by atoms with van der Waals surface area (Å²) in [6, 6.07) is 56.8. The molecule has 0 amide bonds. The van der Waals surface area contributed by atoms with E-state index in [9.17, 15) is 0 Å². The summed E-state index contributed by atoms with van der Waals surface area (Å²) in [7, 11) is 0. The van der Waals surface area contributed by atoms with Crippen LogP contribution in [0, 0.1) is 11.8 Å². The van der Waals surface area contributed by atoms with Crippen molar-refractivity contribution in [3.63, 3.8) is 0 Å². The lowest BCUT2D eigenvalue weighted by Gasteiger charge is -2.58. The highest BCUT2D eigenvalue weighted by Gasteiger charge is 2.55. The van der Waals surface area contributed by atoms with Gasteiger partial charge in [0.2, 0.25) is 0 Å². The van der Waals surface area contributed by atoms with E-state index in [1.165, 1.54) is 92.1 Å². The molecule has 57 heavy (non-hydrogen) atoms. The summed E-state index contributed by atoms with van der Waals surface area (Å²) in [5.41, 5.74) is 12.7. The van der Waals surface area contributed by atoms with E-state index in [-0.39, 0.29) is 11.3 Å². The van der Waals surface area contributed by atoms with Crippen LogP contribution in [0.1, 0.15) is 38.8 Å². The number of anilines is 2. The summed E-state index contributed by atoms with van der Waals surface area (Å²) < 4.78 is 5.17. The lowest BCUT2D eigenvalue weighted by atomic mass is 9.54. The Kier molecular flexibility index (Phi) is 6.77. The number of thiophene rings is 1. The number of rotatable bonds is 3. The Hall–Kier alpha value is -6.16. The van der Waals surface area contributed by atoms with Crippen LogP contribution in [0.25, 0.3) is 64.0 Å². The predicted molar refractivity (Wildman–Crippen MR) is 244 cm³/mol. The molecule has 0 N–H and O–H groups in total. The van der Waals surface area contributed by atoms with Gasteiger partial charge in [0.1, 0.15) is 0 Å². The number of allylic oxidation sites excluding steroid dienone is 4. The smallest absolute Gasteiger partial charge is 0.0838 e. The van der Waals surface area contributed by atoms with Crippen LogP contribution in [0.2, 0.25) is 0 Å². The molecule has 0 bridgehead atoms. The van der Waals surface area contributed by atoms with E-state index in [0.717, 1.165) is 0 Å². The Morgan fingerprint density at radius 1 is 0.596 bits per heavy atom. The maximum atomic E-state index is 2.68. The molecule has 2 aromatic heterocycles. The van der Waals surface area contributed by atoms with Crippen LogP contribution < -0.4 is 4.90 Å². The highest BCUT2D eigenvalue weighted by atomic mass is 32.1. The summed E-state index contributed by atoms with van der Waals surface area (Å²) in [4.78, 5) is 2.68. The van der Waals surface area contributed by atoms with Gasteiger partial charge in [-0.2, -0.15) is 0 Å². The van der Waals surface area contributed by atoms with Crippen LogP contribution in [0.4, 0.5) is 11.4 Å². The second-order valence-corrected chi connectivity index (χ2v) is 18.0. The first-order chi connectivity index (χ1) is 27.8. The van der Waals surface area contributed by atoms with Gasteiger partial charge < -0.3 is 9.47 Å². The molecule has 0 fully saturated rings. The van der Waals surface area contributed by atoms with E-state index in [2.05, 4.69) is 207 Å². The lowest BCUT2D eigenvalue weighted by molar-refractivity contribution is 0.464. The Morgan fingerprint density at radius 2 is 1.33 bits per heavy atom. The first-order valence-corrected chi connectivity index (χ1v) is 21.1. The number of hydrogen-bond acceptors (Lipinski definition) is 2. The van der Waals surface area contributed by atoms with Crippen molar-refractivity contribution >= 4 is 81.0 Å². The van der Waals surface area contributed by atoms with Gasteiger partial charge in [0, 0.05) is 64.7 Å². The van der Waals surface area contributed by atoms with Crippen molar-refractivity contribution in [2.45, 2.75) is 38.6 Å². The standard InChI is InChI=1S/C54H42N2S/c1-33-28-29-53(3)45-19-11-12-20-46(45)56(38-24-27-49-43(31-38)41-18-10-13-21-48(41)57-49)54(4)32-44(34(2)50(33)52(53)54)36-23-25-40-42-26-22-35-14-8-9-17-39(35)51(42)55(47(40)30-36)37-15-6-5-7-16-37/h5-34H,1-4H3. The molecule has 4 unspecified atom stereocenters. The Labute approximate surface area is 337 Å². The average molecular weight is 751 g/mol. The van der Waals surface area contributed by atoms with Gasteiger partial charge >= 0.3 is 0 Å². The van der Waals surface area contributed by atoms with Gasteiger partial charge in [-0.1, -0.05) is 141 Å². The number of aromatic nitrogens is 1. The van der Waals surface area contributed by atoms with Gasteiger partial charge in [0.05, 0.1) is 16.6 Å². The van der Waals surface area contributed by atoms with Crippen LogP contribution in [-0.2, 0) is 5.41 Å². The van der Waals surface area contributed by atoms with E-state index in [1.807, 2.05) is 11.3 Å². The van der Waals surface area contributed by atoms with Gasteiger partial charge in [0.15, 0.2) is 0 Å². The Balaban J connectivity index is 1.14. The topological polar surface area (TPSA) is 8.17 Å². The van der Waals surface area contributed by atoms with Gasteiger partial charge in [-0.25, -0.2) is 0 Å². The summed E-state index contributed by atoms with van der Waals surface area (Å²) in [6.45, 7) is 9.84. The van der Waals surface area contributed by atoms with Crippen molar-refractivity contribution in [1.82, 2.24) is 4.57 Å². The summed E-state index contributed by atoms with van der Waals surface area (Å²) in [5.74, 6) is 0.544. The monoisotopic (exact) mass is 750 g/mol. The number of benzene rings is 7. The lowest BCUT2D eigenvalue weighted by Crippen LogP contribution is -2.56. The van der Waals surface area contributed by atoms with E-state index in [4.69, 9.17) is 0 Å². The fourth-order valence-electron chi connectivity index (χ4n) is 11.3. The van der Waals surface area contributed by atoms with Crippen molar-refractivity contribution in [1.29, 1.82) is 0 Å². The van der Waals surface area contributed by atoms with Crippen molar-refractivity contribution < 1.29 is 0 Å². The predicted octanol–water partition coefficient (Wildman–Crippen LogP) is 14.7. The quantitative estimate of drug-likeness (QED) is 0.163. The minimum atomic E-state index is -0.434. The number of fused-ring (bicyclic) bond motifs is 10. The molecule has 3 heterocycles. The summed E-state index contributed by atoms with van der Waals surface area (Å²) in [6.07, 6.45) is 7.65. The molecule has 0 saturated carbocycles. The van der Waals surface area contributed by atoms with Gasteiger partial charge in [-0.3, -0.25) is 0 Å². The largest absolute Gasteiger partial charge is 0.328 e. The number of para-hydroxylation sites is 2. The Bertz CT molecular complexity index is 3260. The highest BCUT2D eigenvalue weighted by Crippen LogP contribution is 2.62. The van der Waals surface area contributed by atoms with Crippen molar-refractivity contribution in [2.75, 3.05) is 4.90 Å². The van der Waals surface area contributed by atoms with E-state index < -0.39 is 5.54 Å². The molecule has 2 aliphatic carbocycles. The second-order valence-electron chi connectivity index (χ2n) is 16.9. The van der Waals surface area contributed by atoms with E-state index in [1.54, 1.807) is 5.57 Å². The zero-order chi connectivity index (χ0) is 38.2. The molecule has 0 saturated heterocycles. The SMILES string of the molecule is CC1C=CC2(C)C3=C1C(C)C(c1ccc4c5ccc6ccccc6c5n(-c5ccccc5)c4c1)=CC3(C)N(c1ccc3sc4ccccc4c3c1)c1ccccc12. The molecule has 9 aromatic rings. The fraction of sp³-hybridized carbons (Fsp3) is 0.148. The van der Waals surface area contributed by atoms with Crippen LogP contribution in [-0.4, -0.2) is 10.1 Å². The van der Waals surface area contributed by atoms with Crippen LogP contribution in [0.5, 0.6) is 0 Å². The molecular weight excluding hydrogens is 709 g/mol. The minimum Gasteiger partial charge on any atom is -0.328 e. The van der Waals surface area contributed by atoms with Gasteiger partial charge in [-0.15, -0.1) is 11.3 Å². The zero-order valence-corrected chi connectivity index (χ0v) is 33.4. The zero-order valence-electron chi connectivity index (χ0n) is 32.6. The maximum Gasteiger partial charge on any atom is 0.0838 e. The fourth-order valence-corrected chi connectivity index (χ4v) is 12.4. The average Bonchev–Trinajstić information content (AvgIpc) is 3.79. The molecule has 0 radical (unpaired) electrons. The molecule has 274 valence electrons. The third kappa shape index (κ3) is 4.41. The molecule has 2 nitrogen and oxygen atoms in total. The highest BCUT2D eigenvalue weighted by molar-refractivity contribution is 7.25. The molecular formula is C54H42N2S. The maximum absolute atomic E-state index is 2.68. The van der Waals surface area contributed by atoms with Gasteiger partial charge in [0.25, 0.3) is 0 Å². The first-order valence-electron chi connectivity index (χ1n) is 20.3.